The van der Waals surface area contributed by atoms with Crippen LogP contribution in [0.2, 0.25) is 0 Å². The zero-order valence-electron chi connectivity index (χ0n) is 10.1. The van der Waals surface area contributed by atoms with Gasteiger partial charge in [-0.15, -0.1) is 0 Å². The van der Waals surface area contributed by atoms with Gasteiger partial charge >= 0.3 is 0 Å². The molecule has 0 radical (unpaired) electrons. The third kappa shape index (κ3) is 3.10. The van der Waals surface area contributed by atoms with Crippen molar-refractivity contribution in [2.45, 2.75) is 13.0 Å². The van der Waals surface area contributed by atoms with Crippen LogP contribution in [0.15, 0.2) is 40.9 Å². The number of hydrogen-bond acceptors (Lipinski definition) is 1. The number of nitrogens with one attached hydrogen (secondary N) is 1. The zero-order chi connectivity index (χ0) is 14.0. The molecule has 0 saturated heterocycles. The summed E-state index contributed by atoms with van der Waals surface area (Å²) in [5.41, 5.74) is 0.849. The van der Waals surface area contributed by atoms with Gasteiger partial charge in [-0.2, -0.15) is 0 Å². The summed E-state index contributed by atoms with van der Waals surface area (Å²) in [6, 6.07) is 9.29. The van der Waals surface area contributed by atoms with Gasteiger partial charge in [0.2, 0.25) is 0 Å². The molecule has 0 heterocycles. The fraction of sp³-hybridized carbons (Fsp3) is 0.143. The number of anilines is 1. The van der Waals surface area contributed by atoms with Crippen LogP contribution < -0.4 is 5.32 Å². The summed E-state index contributed by atoms with van der Waals surface area (Å²) in [7, 11) is 0. The highest BCUT2D eigenvalue weighted by molar-refractivity contribution is 9.10. The first-order chi connectivity index (χ1) is 8.99. The molecule has 2 rings (SSSR count). The molecule has 0 aromatic heterocycles. The Balaban J connectivity index is 2.21. The molecule has 19 heavy (non-hydrogen) atoms. The fourth-order valence-electron chi connectivity index (χ4n) is 1.71. The molecule has 0 aliphatic heterocycles. The van der Waals surface area contributed by atoms with E-state index in [-0.39, 0.29) is 11.7 Å². The molecular formula is C14H11BrF3N. The van der Waals surface area contributed by atoms with Crippen molar-refractivity contribution in [3.05, 3.63) is 63.9 Å². The van der Waals surface area contributed by atoms with E-state index in [1.54, 1.807) is 0 Å². The standard InChI is InChI=1S/C14H11BrF3N/c1-8(9-2-4-10(15)5-3-9)19-12-7-6-11(16)13(17)14(12)18/h2-8,19H,1H3. The topological polar surface area (TPSA) is 12.0 Å². The van der Waals surface area contributed by atoms with Crippen molar-refractivity contribution in [3.8, 4) is 0 Å². The van der Waals surface area contributed by atoms with Crippen LogP contribution in [0.25, 0.3) is 0 Å². The van der Waals surface area contributed by atoms with Crippen molar-refractivity contribution in [1.29, 1.82) is 0 Å². The van der Waals surface area contributed by atoms with Gasteiger partial charge in [-0.3, -0.25) is 0 Å². The highest BCUT2D eigenvalue weighted by atomic mass is 79.9. The van der Waals surface area contributed by atoms with Gasteiger partial charge in [0.15, 0.2) is 17.5 Å². The lowest BCUT2D eigenvalue weighted by molar-refractivity contribution is 0.448. The molecule has 0 spiro atoms. The molecule has 1 nitrogen and oxygen atoms in total. The summed E-state index contributed by atoms with van der Waals surface area (Å²) in [5.74, 6) is -3.86. The quantitative estimate of drug-likeness (QED) is 0.778. The van der Waals surface area contributed by atoms with Crippen molar-refractivity contribution in [1.82, 2.24) is 0 Å². The van der Waals surface area contributed by atoms with Gasteiger partial charge in [-0.05, 0) is 36.8 Å². The summed E-state index contributed by atoms with van der Waals surface area (Å²) in [4.78, 5) is 0. The molecule has 1 atom stereocenters. The molecule has 0 aliphatic carbocycles. The minimum atomic E-state index is -1.46. The molecular weight excluding hydrogens is 319 g/mol. The Hall–Kier alpha value is -1.49. The van der Waals surface area contributed by atoms with Crippen LogP contribution in [0.5, 0.6) is 0 Å². The van der Waals surface area contributed by atoms with E-state index in [0.717, 1.165) is 16.1 Å². The predicted octanol–water partition coefficient (Wildman–Crippen LogP) is 5.04. The van der Waals surface area contributed by atoms with Crippen molar-refractivity contribution in [3.63, 3.8) is 0 Å². The van der Waals surface area contributed by atoms with E-state index in [4.69, 9.17) is 0 Å². The van der Waals surface area contributed by atoms with Crippen LogP contribution in [-0.4, -0.2) is 0 Å². The minimum Gasteiger partial charge on any atom is -0.376 e. The Morgan fingerprint density at radius 3 is 2.21 bits per heavy atom. The smallest absolute Gasteiger partial charge is 0.196 e. The maximum atomic E-state index is 13.5. The molecule has 0 fully saturated rings. The van der Waals surface area contributed by atoms with E-state index in [2.05, 4.69) is 21.2 Å². The van der Waals surface area contributed by atoms with Gasteiger partial charge in [0.05, 0.1) is 5.69 Å². The maximum absolute atomic E-state index is 13.5. The Kier molecular flexibility index (Phi) is 4.14. The summed E-state index contributed by atoms with van der Waals surface area (Å²) >= 11 is 3.32. The van der Waals surface area contributed by atoms with E-state index in [9.17, 15) is 13.2 Å². The first-order valence-corrected chi connectivity index (χ1v) is 6.44. The van der Waals surface area contributed by atoms with Gasteiger partial charge < -0.3 is 5.32 Å². The molecule has 2 aromatic carbocycles. The molecule has 1 unspecified atom stereocenters. The SMILES string of the molecule is CC(Nc1ccc(F)c(F)c1F)c1ccc(Br)cc1. The second-order valence-electron chi connectivity index (χ2n) is 4.14. The van der Waals surface area contributed by atoms with Crippen LogP contribution in [0.3, 0.4) is 0 Å². The fourth-order valence-corrected chi connectivity index (χ4v) is 1.97. The summed E-state index contributed by atoms with van der Waals surface area (Å²) < 4.78 is 40.4. The van der Waals surface area contributed by atoms with Gasteiger partial charge in [0.25, 0.3) is 0 Å². The molecule has 0 bridgehead atoms. The van der Waals surface area contributed by atoms with Crippen LogP contribution >= 0.6 is 15.9 Å². The average molecular weight is 330 g/mol. The maximum Gasteiger partial charge on any atom is 0.196 e. The second-order valence-corrected chi connectivity index (χ2v) is 5.06. The number of halogens is 4. The van der Waals surface area contributed by atoms with Gasteiger partial charge in [-0.1, -0.05) is 28.1 Å². The summed E-state index contributed by atoms with van der Waals surface area (Å²) in [6.45, 7) is 1.81. The Labute approximate surface area is 117 Å². The first-order valence-electron chi connectivity index (χ1n) is 5.64. The zero-order valence-corrected chi connectivity index (χ0v) is 11.6. The van der Waals surface area contributed by atoms with Crippen molar-refractivity contribution in [2.75, 3.05) is 5.32 Å². The van der Waals surface area contributed by atoms with E-state index >= 15 is 0 Å². The number of hydrogen-bond donors (Lipinski definition) is 1. The third-order valence-corrected chi connectivity index (χ3v) is 3.31. The largest absolute Gasteiger partial charge is 0.376 e. The van der Waals surface area contributed by atoms with E-state index in [0.29, 0.717) is 0 Å². The Morgan fingerprint density at radius 2 is 1.58 bits per heavy atom. The minimum absolute atomic E-state index is 0.0608. The lowest BCUT2D eigenvalue weighted by Crippen LogP contribution is -2.09. The second kappa shape index (κ2) is 5.65. The molecule has 2 aromatic rings. The highest BCUT2D eigenvalue weighted by Gasteiger charge is 2.15. The molecule has 0 saturated carbocycles. The molecule has 0 amide bonds. The van der Waals surface area contributed by atoms with Gasteiger partial charge in [0, 0.05) is 10.5 Å². The molecule has 5 heteroatoms. The predicted molar refractivity (Wildman–Crippen MR) is 72.5 cm³/mol. The summed E-state index contributed by atoms with van der Waals surface area (Å²) in [6.07, 6.45) is 0. The molecule has 100 valence electrons. The van der Waals surface area contributed by atoms with Crippen LogP contribution in [0.1, 0.15) is 18.5 Å². The van der Waals surface area contributed by atoms with E-state index < -0.39 is 17.5 Å². The van der Waals surface area contributed by atoms with Crippen molar-refractivity contribution < 1.29 is 13.2 Å². The summed E-state index contributed by atoms with van der Waals surface area (Å²) in [5, 5.41) is 2.82. The van der Waals surface area contributed by atoms with Crippen LogP contribution in [-0.2, 0) is 0 Å². The Morgan fingerprint density at radius 1 is 0.947 bits per heavy atom. The average Bonchev–Trinajstić information content (AvgIpc) is 2.40. The Bertz CT molecular complexity index is 584. The number of rotatable bonds is 3. The monoisotopic (exact) mass is 329 g/mol. The van der Waals surface area contributed by atoms with E-state index in [1.165, 1.54) is 6.07 Å². The lowest BCUT2D eigenvalue weighted by Gasteiger charge is -2.16. The van der Waals surface area contributed by atoms with Crippen molar-refractivity contribution in [2.24, 2.45) is 0 Å². The van der Waals surface area contributed by atoms with Crippen molar-refractivity contribution >= 4 is 21.6 Å². The molecule has 1 N–H and O–H groups in total. The van der Waals surface area contributed by atoms with E-state index in [1.807, 2.05) is 31.2 Å². The first kappa shape index (κ1) is 13.9. The lowest BCUT2D eigenvalue weighted by atomic mass is 10.1. The van der Waals surface area contributed by atoms with Crippen LogP contribution in [0.4, 0.5) is 18.9 Å². The van der Waals surface area contributed by atoms with Gasteiger partial charge in [-0.25, -0.2) is 13.2 Å². The van der Waals surface area contributed by atoms with Gasteiger partial charge in [0.1, 0.15) is 0 Å². The number of benzene rings is 2. The van der Waals surface area contributed by atoms with Crippen LogP contribution in [0, 0.1) is 17.5 Å². The normalized spacial score (nSPS) is 12.3. The third-order valence-electron chi connectivity index (χ3n) is 2.78. The molecule has 0 aliphatic rings. The highest BCUT2D eigenvalue weighted by Crippen LogP contribution is 2.25.